The van der Waals surface area contributed by atoms with Gasteiger partial charge in [0.1, 0.15) is 17.3 Å². The maximum absolute atomic E-state index is 12.8. The molecule has 2 aromatic rings. The Bertz CT molecular complexity index is 569. The summed E-state index contributed by atoms with van der Waals surface area (Å²) in [6.07, 6.45) is 1.13. The van der Waals surface area contributed by atoms with E-state index >= 15 is 0 Å². The van der Waals surface area contributed by atoms with Gasteiger partial charge in [0.2, 0.25) is 0 Å². The number of anilines is 1. The lowest BCUT2D eigenvalue weighted by Crippen LogP contribution is -2.05. The number of pyridine rings is 1. The minimum Gasteiger partial charge on any atom is -0.383 e. The van der Waals surface area contributed by atoms with Crippen LogP contribution in [0.1, 0.15) is 25.5 Å². The minimum atomic E-state index is -0.395. The fourth-order valence-corrected chi connectivity index (χ4v) is 2.12. The van der Waals surface area contributed by atoms with E-state index in [1.807, 2.05) is 13.8 Å². The molecular weight excluding hydrogens is 299 g/mol. The minimum absolute atomic E-state index is 0.198. The first kappa shape index (κ1) is 12.9. The van der Waals surface area contributed by atoms with Gasteiger partial charge < -0.3 is 5.73 Å². The normalized spacial score (nSPS) is 10.9. The Kier molecular flexibility index (Phi) is 3.56. The summed E-state index contributed by atoms with van der Waals surface area (Å²) in [7, 11) is 0. The molecule has 18 heavy (non-hydrogen) atoms. The first-order chi connectivity index (χ1) is 8.49. The monoisotopic (exact) mass is 310 g/mol. The number of hydrogen-bond acceptors (Lipinski definition) is 4. The van der Waals surface area contributed by atoms with Crippen molar-refractivity contribution in [1.29, 1.82) is 0 Å². The maximum Gasteiger partial charge on any atom is 0.180 e. The molecule has 0 aliphatic heterocycles. The predicted molar refractivity (Wildman–Crippen MR) is 71.4 cm³/mol. The van der Waals surface area contributed by atoms with Gasteiger partial charge in [-0.1, -0.05) is 13.8 Å². The molecule has 0 fully saturated rings. The van der Waals surface area contributed by atoms with Crippen molar-refractivity contribution in [3.8, 4) is 11.5 Å². The number of nitrogen functional groups attached to an aromatic ring is 1. The molecule has 0 spiro atoms. The highest BCUT2D eigenvalue weighted by Crippen LogP contribution is 2.29. The number of nitrogens with two attached hydrogens (primary N) is 1. The summed E-state index contributed by atoms with van der Waals surface area (Å²) in [4.78, 5) is 12.5. The van der Waals surface area contributed by atoms with Crippen LogP contribution in [0.4, 0.5) is 10.2 Å². The van der Waals surface area contributed by atoms with E-state index in [9.17, 15) is 4.39 Å². The second-order valence-corrected chi connectivity index (χ2v) is 4.94. The summed E-state index contributed by atoms with van der Waals surface area (Å²) >= 11 is 3.37. The SMILES string of the molecule is CC(C)c1nc(-c2ccc(F)cn2)nc(N)c1Br. The zero-order valence-electron chi connectivity index (χ0n) is 9.98. The van der Waals surface area contributed by atoms with Gasteiger partial charge in [-0.25, -0.2) is 19.3 Å². The highest BCUT2D eigenvalue weighted by Gasteiger charge is 2.14. The number of rotatable bonds is 2. The van der Waals surface area contributed by atoms with Gasteiger partial charge in [-0.05, 0) is 34.0 Å². The van der Waals surface area contributed by atoms with E-state index in [0.29, 0.717) is 21.8 Å². The average molecular weight is 311 g/mol. The van der Waals surface area contributed by atoms with E-state index < -0.39 is 5.82 Å². The zero-order valence-corrected chi connectivity index (χ0v) is 11.6. The number of aromatic nitrogens is 3. The molecule has 2 N–H and O–H groups in total. The molecule has 0 saturated carbocycles. The summed E-state index contributed by atoms with van der Waals surface area (Å²) < 4.78 is 13.5. The first-order valence-electron chi connectivity index (χ1n) is 5.44. The second kappa shape index (κ2) is 4.97. The van der Waals surface area contributed by atoms with Crippen molar-refractivity contribution in [1.82, 2.24) is 15.0 Å². The molecule has 0 radical (unpaired) electrons. The number of nitrogens with zero attached hydrogens (tertiary/aromatic N) is 3. The molecular formula is C12H12BrFN4. The molecule has 2 aromatic heterocycles. The third-order valence-corrected chi connectivity index (χ3v) is 3.22. The van der Waals surface area contributed by atoms with Crippen LogP contribution in [0.2, 0.25) is 0 Å². The summed E-state index contributed by atoms with van der Waals surface area (Å²) in [6.45, 7) is 4.02. The molecule has 0 aromatic carbocycles. The molecule has 94 valence electrons. The van der Waals surface area contributed by atoms with Crippen LogP contribution in [0.25, 0.3) is 11.5 Å². The molecule has 0 aliphatic carbocycles. The number of hydrogen-bond donors (Lipinski definition) is 1. The van der Waals surface area contributed by atoms with Crippen molar-refractivity contribution in [3.05, 3.63) is 34.3 Å². The van der Waals surface area contributed by atoms with E-state index in [1.165, 1.54) is 12.1 Å². The van der Waals surface area contributed by atoms with Gasteiger partial charge in [0.25, 0.3) is 0 Å². The molecule has 0 atom stereocenters. The van der Waals surface area contributed by atoms with Gasteiger partial charge in [-0.15, -0.1) is 0 Å². The third kappa shape index (κ3) is 2.48. The smallest absolute Gasteiger partial charge is 0.180 e. The first-order valence-corrected chi connectivity index (χ1v) is 6.23. The van der Waals surface area contributed by atoms with E-state index in [0.717, 1.165) is 11.9 Å². The molecule has 0 aliphatic rings. The molecule has 2 heterocycles. The van der Waals surface area contributed by atoms with Gasteiger partial charge in [0, 0.05) is 0 Å². The standard InChI is InChI=1S/C12H12BrFN4/c1-6(2)10-9(13)11(15)18-12(17-10)8-4-3-7(14)5-16-8/h3-6H,1-2H3,(H2,15,17,18). The fourth-order valence-electron chi connectivity index (χ4n) is 1.49. The van der Waals surface area contributed by atoms with Gasteiger partial charge in [0.05, 0.1) is 16.4 Å². The molecule has 0 amide bonds. The Balaban J connectivity index is 2.55. The van der Waals surface area contributed by atoms with Gasteiger partial charge in [-0.3, -0.25) is 0 Å². The van der Waals surface area contributed by atoms with Crippen molar-refractivity contribution in [2.75, 3.05) is 5.73 Å². The Hall–Kier alpha value is -1.56. The van der Waals surface area contributed by atoms with Crippen LogP contribution in [0.15, 0.2) is 22.8 Å². The predicted octanol–water partition coefficient (Wildman–Crippen LogP) is 3.15. The number of halogens is 2. The lowest BCUT2D eigenvalue weighted by Gasteiger charge is -2.11. The van der Waals surface area contributed by atoms with Crippen molar-refractivity contribution >= 4 is 21.7 Å². The van der Waals surface area contributed by atoms with Gasteiger partial charge in [-0.2, -0.15) is 0 Å². The largest absolute Gasteiger partial charge is 0.383 e. The average Bonchev–Trinajstić information content (AvgIpc) is 2.33. The highest BCUT2D eigenvalue weighted by atomic mass is 79.9. The van der Waals surface area contributed by atoms with Crippen LogP contribution in [0.3, 0.4) is 0 Å². The Morgan fingerprint density at radius 1 is 1.28 bits per heavy atom. The van der Waals surface area contributed by atoms with Crippen molar-refractivity contribution in [2.24, 2.45) is 0 Å². The summed E-state index contributed by atoms with van der Waals surface area (Å²) in [5.41, 5.74) is 7.13. The Morgan fingerprint density at radius 2 is 2.00 bits per heavy atom. The highest BCUT2D eigenvalue weighted by molar-refractivity contribution is 9.10. The van der Waals surface area contributed by atoms with E-state index in [4.69, 9.17) is 5.73 Å². The van der Waals surface area contributed by atoms with Crippen molar-refractivity contribution in [3.63, 3.8) is 0 Å². The third-order valence-electron chi connectivity index (χ3n) is 2.41. The summed E-state index contributed by atoms with van der Waals surface area (Å²) in [5.74, 6) is 0.561. The van der Waals surface area contributed by atoms with Crippen LogP contribution in [0, 0.1) is 5.82 Å². The second-order valence-electron chi connectivity index (χ2n) is 4.15. The van der Waals surface area contributed by atoms with Crippen LogP contribution in [-0.2, 0) is 0 Å². The molecule has 4 nitrogen and oxygen atoms in total. The lowest BCUT2D eigenvalue weighted by atomic mass is 10.1. The van der Waals surface area contributed by atoms with E-state index in [-0.39, 0.29) is 5.92 Å². The molecule has 0 bridgehead atoms. The molecule has 0 unspecified atom stereocenters. The van der Waals surface area contributed by atoms with Crippen LogP contribution >= 0.6 is 15.9 Å². The molecule has 6 heteroatoms. The van der Waals surface area contributed by atoms with Gasteiger partial charge in [0.15, 0.2) is 5.82 Å². The van der Waals surface area contributed by atoms with Crippen LogP contribution in [-0.4, -0.2) is 15.0 Å². The molecule has 2 rings (SSSR count). The maximum atomic E-state index is 12.8. The van der Waals surface area contributed by atoms with E-state index in [1.54, 1.807) is 0 Å². The quantitative estimate of drug-likeness (QED) is 0.925. The Labute approximate surface area is 113 Å². The summed E-state index contributed by atoms with van der Waals surface area (Å²) in [6, 6.07) is 2.85. The zero-order chi connectivity index (χ0) is 13.3. The van der Waals surface area contributed by atoms with Crippen molar-refractivity contribution < 1.29 is 4.39 Å². The van der Waals surface area contributed by atoms with Crippen molar-refractivity contribution in [2.45, 2.75) is 19.8 Å². The van der Waals surface area contributed by atoms with Crippen LogP contribution in [0.5, 0.6) is 0 Å². The lowest BCUT2D eigenvalue weighted by molar-refractivity contribution is 0.621. The fraction of sp³-hybridized carbons (Fsp3) is 0.250. The molecule has 0 saturated heterocycles. The van der Waals surface area contributed by atoms with E-state index in [2.05, 4.69) is 30.9 Å². The van der Waals surface area contributed by atoms with Crippen LogP contribution < -0.4 is 5.73 Å². The Morgan fingerprint density at radius 3 is 2.56 bits per heavy atom. The topological polar surface area (TPSA) is 64.7 Å². The summed E-state index contributed by atoms with van der Waals surface area (Å²) in [5, 5.41) is 0. The van der Waals surface area contributed by atoms with Gasteiger partial charge >= 0.3 is 0 Å².